The van der Waals surface area contributed by atoms with Gasteiger partial charge in [-0.15, -0.1) is 0 Å². The summed E-state index contributed by atoms with van der Waals surface area (Å²) in [5.41, 5.74) is 0.867. The number of urea groups is 1. The number of nitrogens with one attached hydrogen (secondary N) is 2. The van der Waals surface area contributed by atoms with Crippen LogP contribution in [0.4, 0.5) is 10.5 Å². The van der Waals surface area contributed by atoms with Gasteiger partial charge >= 0.3 is 12.0 Å². The van der Waals surface area contributed by atoms with Crippen molar-refractivity contribution in [2.75, 3.05) is 11.9 Å². The number of ether oxygens (including phenoxy) is 1. The molecule has 5 nitrogen and oxygen atoms in total. The first-order valence-corrected chi connectivity index (χ1v) is 8.04. The van der Waals surface area contributed by atoms with Gasteiger partial charge in [0.2, 0.25) is 0 Å². The molecule has 0 radical (unpaired) electrons. The average Bonchev–Trinajstić information content (AvgIpc) is 2.54. The standard InChI is InChI=1S/C17H24N2O3/c1-2-12-22-16(20)14-10-6-7-11-15(14)19-17(21)18-13-8-4-3-5-9-13/h6-7,10-11,13H,2-5,8-9,12H2,1H3,(H2,18,19,21). The van der Waals surface area contributed by atoms with E-state index in [4.69, 9.17) is 4.74 Å². The highest BCUT2D eigenvalue weighted by molar-refractivity contribution is 6.00. The second-order valence-corrected chi connectivity index (χ2v) is 5.61. The molecule has 0 heterocycles. The second kappa shape index (κ2) is 8.41. The van der Waals surface area contributed by atoms with E-state index in [2.05, 4.69) is 10.6 Å². The van der Waals surface area contributed by atoms with Crippen molar-refractivity contribution >= 4 is 17.7 Å². The summed E-state index contributed by atoms with van der Waals surface area (Å²) in [6.07, 6.45) is 6.37. The molecule has 0 aromatic heterocycles. The SMILES string of the molecule is CCCOC(=O)c1ccccc1NC(=O)NC1CCCCC1. The topological polar surface area (TPSA) is 67.4 Å². The fraction of sp³-hybridized carbons (Fsp3) is 0.529. The molecule has 1 aliphatic carbocycles. The Morgan fingerprint density at radius 3 is 2.64 bits per heavy atom. The molecule has 1 aromatic carbocycles. The fourth-order valence-corrected chi connectivity index (χ4v) is 2.63. The largest absolute Gasteiger partial charge is 0.462 e. The molecule has 1 aliphatic rings. The van der Waals surface area contributed by atoms with Crippen LogP contribution >= 0.6 is 0 Å². The zero-order valence-electron chi connectivity index (χ0n) is 13.1. The van der Waals surface area contributed by atoms with Gasteiger partial charge in [-0.1, -0.05) is 38.3 Å². The number of para-hydroxylation sites is 1. The molecule has 1 aromatic rings. The first kappa shape index (κ1) is 16.3. The number of anilines is 1. The minimum Gasteiger partial charge on any atom is -0.462 e. The lowest BCUT2D eigenvalue weighted by atomic mass is 9.96. The number of benzene rings is 1. The summed E-state index contributed by atoms with van der Waals surface area (Å²) in [5.74, 6) is -0.407. The Hall–Kier alpha value is -2.04. The molecular weight excluding hydrogens is 280 g/mol. The molecule has 0 atom stereocenters. The van der Waals surface area contributed by atoms with E-state index in [1.165, 1.54) is 6.42 Å². The number of rotatable bonds is 5. The van der Waals surface area contributed by atoms with E-state index in [0.717, 1.165) is 32.1 Å². The number of amides is 2. The Balaban J connectivity index is 1.96. The summed E-state index contributed by atoms with van der Waals surface area (Å²) < 4.78 is 5.14. The summed E-state index contributed by atoms with van der Waals surface area (Å²) >= 11 is 0. The molecule has 0 bridgehead atoms. The first-order valence-electron chi connectivity index (χ1n) is 8.04. The minimum atomic E-state index is -0.407. The average molecular weight is 304 g/mol. The molecule has 1 saturated carbocycles. The molecule has 0 aliphatic heterocycles. The Labute approximate surface area is 131 Å². The summed E-state index contributed by atoms with van der Waals surface area (Å²) in [4.78, 5) is 24.1. The third-order valence-corrected chi connectivity index (χ3v) is 3.77. The lowest BCUT2D eigenvalue weighted by Crippen LogP contribution is -2.39. The van der Waals surface area contributed by atoms with Crippen molar-refractivity contribution < 1.29 is 14.3 Å². The fourth-order valence-electron chi connectivity index (χ4n) is 2.63. The predicted molar refractivity (Wildman–Crippen MR) is 86.0 cm³/mol. The number of carbonyl (C=O) groups excluding carboxylic acids is 2. The van der Waals surface area contributed by atoms with Crippen LogP contribution in [-0.4, -0.2) is 24.6 Å². The van der Waals surface area contributed by atoms with Gasteiger partial charge in [-0.2, -0.15) is 0 Å². The molecule has 0 unspecified atom stereocenters. The van der Waals surface area contributed by atoms with Gasteiger partial charge in [0.1, 0.15) is 0 Å². The molecule has 2 amide bonds. The van der Waals surface area contributed by atoms with Crippen molar-refractivity contribution in [1.29, 1.82) is 0 Å². The van der Waals surface area contributed by atoms with E-state index >= 15 is 0 Å². The van der Waals surface area contributed by atoms with Gasteiger partial charge in [-0.25, -0.2) is 9.59 Å². The zero-order valence-corrected chi connectivity index (χ0v) is 13.1. The van der Waals surface area contributed by atoms with Crippen molar-refractivity contribution in [3.05, 3.63) is 29.8 Å². The third-order valence-electron chi connectivity index (χ3n) is 3.77. The van der Waals surface area contributed by atoms with E-state index in [-0.39, 0.29) is 12.1 Å². The molecular formula is C17H24N2O3. The van der Waals surface area contributed by atoms with Crippen molar-refractivity contribution in [2.45, 2.75) is 51.5 Å². The maximum absolute atomic E-state index is 12.1. The highest BCUT2D eigenvalue weighted by Gasteiger charge is 2.18. The summed E-state index contributed by atoms with van der Waals surface area (Å²) in [6, 6.07) is 6.88. The number of esters is 1. The van der Waals surface area contributed by atoms with Crippen LogP contribution in [0.5, 0.6) is 0 Å². The third kappa shape index (κ3) is 4.76. The summed E-state index contributed by atoms with van der Waals surface area (Å²) in [6.45, 7) is 2.32. The second-order valence-electron chi connectivity index (χ2n) is 5.61. The van der Waals surface area contributed by atoms with E-state index in [1.807, 2.05) is 6.92 Å². The van der Waals surface area contributed by atoms with Crippen LogP contribution in [0.25, 0.3) is 0 Å². The van der Waals surface area contributed by atoms with Crippen molar-refractivity contribution in [1.82, 2.24) is 5.32 Å². The van der Waals surface area contributed by atoms with Gasteiger partial charge in [-0.3, -0.25) is 0 Å². The van der Waals surface area contributed by atoms with E-state index in [1.54, 1.807) is 24.3 Å². The number of hydrogen-bond donors (Lipinski definition) is 2. The Kier molecular flexibility index (Phi) is 6.25. The monoisotopic (exact) mass is 304 g/mol. The van der Waals surface area contributed by atoms with Crippen molar-refractivity contribution in [3.8, 4) is 0 Å². The molecule has 120 valence electrons. The molecule has 22 heavy (non-hydrogen) atoms. The molecule has 5 heteroatoms. The lowest BCUT2D eigenvalue weighted by molar-refractivity contribution is 0.0506. The predicted octanol–water partition coefficient (Wildman–Crippen LogP) is 3.71. The molecule has 1 fully saturated rings. The van der Waals surface area contributed by atoms with E-state index in [9.17, 15) is 9.59 Å². The molecule has 0 spiro atoms. The number of carbonyl (C=O) groups is 2. The van der Waals surface area contributed by atoms with Crippen LogP contribution < -0.4 is 10.6 Å². The van der Waals surface area contributed by atoms with Gasteiger partial charge < -0.3 is 15.4 Å². The van der Waals surface area contributed by atoms with E-state index in [0.29, 0.717) is 17.9 Å². The molecule has 2 N–H and O–H groups in total. The van der Waals surface area contributed by atoms with Gasteiger partial charge in [0.15, 0.2) is 0 Å². The van der Waals surface area contributed by atoms with Gasteiger partial charge in [0, 0.05) is 6.04 Å². The quantitative estimate of drug-likeness (QED) is 0.815. The normalized spacial score (nSPS) is 15.1. The summed E-state index contributed by atoms with van der Waals surface area (Å²) in [7, 11) is 0. The van der Waals surface area contributed by atoms with E-state index < -0.39 is 5.97 Å². The van der Waals surface area contributed by atoms with Gasteiger partial charge in [-0.05, 0) is 31.4 Å². The Morgan fingerprint density at radius 2 is 1.91 bits per heavy atom. The Bertz CT molecular complexity index is 510. The molecule has 0 saturated heterocycles. The van der Waals surface area contributed by atoms with Crippen LogP contribution in [0.3, 0.4) is 0 Å². The van der Waals surface area contributed by atoms with Crippen molar-refractivity contribution in [2.24, 2.45) is 0 Å². The highest BCUT2D eigenvalue weighted by Crippen LogP contribution is 2.19. The number of hydrogen-bond acceptors (Lipinski definition) is 3. The highest BCUT2D eigenvalue weighted by atomic mass is 16.5. The summed E-state index contributed by atoms with van der Waals surface area (Å²) in [5, 5.41) is 5.74. The van der Waals surface area contributed by atoms with Crippen LogP contribution in [-0.2, 0) is 4.74 Å². The van der Waals surface area contributed by atoms with Crippen LogP contribution in [0, 0.1) is 0 Å². The maximum Gasteiger partial charge on any atom is 0.340 e. The smallest absolute Gasteiger partial charge is 0.340 e. The zero-order chi connectivity index (χ0) is 15.8. The van der Waals surface area contributed by atoms with Crippen LogP contribution in [0.1, 0.15) is 55.8 Å². The van der Waals surface area contributed by atoms with Gasteiger partial charge in [0.05, 0.1) is 17.9 Å². The minimum absolute atomic E-state index is 0.230. The van der Waals surface area contributed by atoms with Crippen LogP contribution in [0.2, 0.25) is 0 Å². The molecule has 2 rings (SSSR count). The van der Waals surface area contributed by atoms with Gasteiger partial charge in [0.25, 0.3) is 0 Å². The van der Waals surface area contributed by atoms with Crippen LogP contribution in [0.15, 0.2) is 24.3 Å². The maximum atomic E-state index is 12.1. The van der Waals surface area contributed by atoms with Crippen molar-refractivity contribution in [3.63, 3.8) is 0 Å². The Morgan fingerprint density at radius 1 is 1.18 bits per heavy atom. The first-order chi connectivity index (χ1) is 10.7. The lowest BCUT2D eigenvalue weighted by Gasteiger charge is -2.23.